The maximum atomic E-state index is 5.64. The van der Waals surface area contributed by atoms with Crippen LogP contribution in [0, 0.1) is 0 Å². The normalized spacial score (nSPS) is 30.9. The Labute approximate surface area is 84.4 Å². The van der Waals surface area contributed by atoms with Gasteiger partial charge in [-0.1, -0.05) is 0 Å². The van der Waals surface area contributed by atoms with Gasteiger partial charge in [0.15, 0.2) is 0 Å². The molecule has 2 nitrogen and oxygen atoms in total. The Bertz CT molecular complexity index is 76.7. The first-order chi connectivity index (χ1) is 5.20. The van der Waals surface area contributed by atoms with Gasteiger partial charge in [0.2, 0.25) is 0 Å². The summed E-state index contributed by atoms with van der Waals surface area (Å²) in [5, 5.41) is 0. The van der Waals surface area contributed by atoms with Crippen LogP contribution < -0.4 is 11.5 Å². The molecule has 0 aromatic heterocycles. The molecule has 5 heteroatoms. The molecule has 1 rings (SSSR count). The fraction of sp³-hybridized carbons (Fsp3) is 1.00. The van der Waals surface area contributed by atoms with Crippen molar-refractivity contribution < 1.29 is 16.5 Å². The molecule has 0 amide bonds. The fourth-order valence-electron chi connectivity index (χ4n) is 1.14. The van der Waals surface area contributed by atoms with E-state index in [-0.39, 0.29) is 0 Å². The zero-order valence-corrected chi connectivity index (χ0v) is 9.99. The van der Waals surface area contributed by atoms with Crippen molar-refractivity contribution in [2.75, 3.05) is 0 Å². The molecule has 0 spiro atoms. The number of hydrogen-bond acceptors (Lipinski definition) is 2. The molecule has 0 unspecified atom stereocenters. The van der Waals surface area contributed by atoms with Crippen LogP contribution in [0.25, 0.3) is 0 Å². The van der Waals surface area contributed by atoms with Gasteiger partial charge in [0.25, 0.3) is 0 Å². The molecule has 0 bridgehead atoms. The molecule has 1 saturated carbocycles. The first-order valence-electron chi connectivity index (χ1n) is 3.54. The third-order valence-electron chi connectivity index (χ3n) is 1.82. The van der Waals surface area contributed by atoms with Crippen LogP contribution in [0.3, 0.4) is 0 Å². The van der Waals surface area contributed by atoms with Crippen molar-refractivity contribution in [3.63, 3.8) is 0 Å². The molecule has 0 radical (unpaired) electrons. The summed E-state index contributed by atoms with van der Waals surface area (Å²) in [5.74, 6) is 0. The molecule has 0 aromatic rings. The first kappa shape index (κ1) is 12.2. The second kappa shape index (κ2) is 7.82. The van der Waals surface area contributed by atoms with E-state index in [1.54, 1.807) is 0 Å². The SMILES string of the molecule is NC1CCC(N)CC1.[Cl][Pt+2][Cl]. The standard InChI is InChI=1S/C6H14N2.2ClH.Pt/c7-5-1-2-6(8)4-3-5;;;/h5-6H,1-4,7-8H2;2*1H;/q;;;+4/p-2. The van der Waals surface area contributed by atoms with Crippen LogP contribution in [0.5, 0.6) is 0 Å². The summed E-state index contributed by atoms with van der Waals surface area (Å²) in [5.41, 5.74) is 11.3. The Morgan fingerprint density at radius 2 is 1.09 bits per heavy atom. The minimum atomic E-state index is -0.472. The van der Waals surface area contributed by atoms with E-state index in [2.05, 4.69) is 0 Å². The molecule has 0 aromatic carbocycles. The van der Waals surface area contributed by atoms with Gasteiger partial charge >= 0.3 is 35.3 Å². The van der Waals surface area contributed by atoms with Crippen LogP contribution in [0.1, 0.15) is 25.7 Å². The van der Waals surface area contributed by atoms with Gasteiger partial charge < -0.3 is 11.5 Å². The van der Waals surface area contributed by atoms with Crippen LogP contribution in [-0.4, -0.2) is 12.1 Å². The van der Waals surface area contributed by atoms with E-state index in [9.17, 15) is 0 Å². The molecular weight excluding hydrogens is 366 g/mol. The molecule has 0 aliphatic heterocycles. The topological polar surface area (TPSA) is 52.0 Å². The third kappa shape index (κ3) is 7.55. The molecule has 1 aliphatic rings. The molecular formula is C6H14Cl2N2Pt+2. The van der Waals surface area contributed by atoms with Gasteiger partial charge in [-0.15, -0.1) is 0 Å². The Morgan fingerprint density at radius 1 is 0.909 bits per heavy atom. The van der Waals surface area contributed by atoms with Gasteiger partial charge in [-0.2, -0.15) is 0 Å². The van der Waals surface area contributed by atoms with Gasteiger partial charge in [0.05, 0.1) is 0 Å². The molecule has 4 N–H and O–H groups in total. The molecule has 70 valence electrons. The van der Waals surface area contributed by atoms with E-state index in [0.29, 0.717) is 12.1 Å². The van der Waals surface area contributed by atoms with Gasteiger partial charge in [0, 0.05) is 12.1 Å². The monoisotopic (exact) mass is 379 g/mol. The Hall–Kier alpha value is 1.19. The van der Waals surface area contributed by atoms with Gasteiger partial charge in [-0.05, 0) is 25.7 Å². The predicted octanol–water partition coefficient (Wildman–Crippen LogP) is 1.59. The third-order valence-corrected chi connectivity index (χ3v) is 1.82. The zero-order valence-electron chi connectivity index (χ0n) is 6.21. The number of nitrogens with two attached hydrogens (primary N) is 2. The van der Waals surface area contributed by atoms with E-state index >= 15 is 0 Å². The van der Waals surface area contributed by atoms with Crippen LogP contribution in [0.4, 0.5) is 0 Å². The van der Waals surface area contributed by atoms with Crippen molar-refractivity contribution in [2.24, 2.45) is 11.5 Å². The number of halogens is 2. The second-order valence-corrected chi connectivity index (χ2v) is 6.00. The molecule has 1 aliphatic carbocycles. The molecule has 0 atom stereocenters. The van der Waals surface area contributed by atoms with Crippen molar-refractivity contribution in [3.05, 3.63) is 0 Å². The molecule has 0 saturated heterocycles. The molecule has 11 heavy (non-hydrogen) atoms. The van der Waals surface area contributed by atoms with Crippen molar-refractivity contribution >= 4 is 18.8 Å². The first-order valence-corrected chi connectivity index (χ1v) is 9.17. The number of rotatable bonds is 0. The van der Waals surface area contributed by atoms with Crippen molar-refractivity contribution in [3.8, 4) is 0 Å². The van der Waals surface area contributed by atoms with Gasteiger partial charge in [-0.3, -0.25) is 0 Å². The van der Waals surface area contributed by atoms with E-state index in [0.717, 1.165) is 25.7 Å². The average molecular weight is 380 g/mol. The van der Waals surface area contributed by atoms with Crippen LogP contribution in [0.2, 0.25) is 0 Å². The summed E-state index contributed by atoms with van der Waals surface area (Å²) in [6.45, 7) is 0. The van der Waals surface area contributed by atoms with Gasteiger partial charge in [0.1, 0.15) is 0 Å². The summed E-state index contributed by atoms with van der Waals surface area (Å²) >= 11 is -0.472. The van der Waals surface area contributed by atoms with E-state index in [1.807, 2.05) is 0 Å². The minimum absolute atomic E-state index is 0.440. The van der Waals surface area contributed by atoms with Gasteiger partial charge in [-0.25, -0.2) is 0 Å². The van der Waals surface area contributed by atoms with Crippen LogP contribution >= 0.6 is 18.8 Å². The summed E-state index contributed by atoms with van der Waals surface area (Å²) in [6, 6.07) is 0.879. The van der Waals surface area contributed by atoms with Crippen LogP contribution in [-0.2, 0) is 16.5 Å². The van der Waals surface area contributed by atoms with Crippen LogP contribution in [0.15, 0.2) is 0 Å². The molecule has 1 fully saturated rings. The van der Waals surface area contributed by atoms with E-state index < -0.39 is 16.5 Å². The molecule has 0 heterocycles. The fourth-order valence-corrected chi connectivity index (χ4v) is 1.14. The van der Waals surface area contributed by atoms with Crippen molar-refractivity contribution in [1.82, 2.24) is 0 Å². The number of hydrogen-bond donors (Lipinski definition) is 2. The zero-order chi connectivity index (χ0) is 8.69. The predicted molar refractivity (Wildman–Crippen MR) is 46.1 cm³/mol. The summed E-state index contributed by atoms with van der Waals surface area (Å²) < 4.78 is 0. The van der Waals surface area contributed by atoms with Crippen molar-refractivity contribution in [2.45, 2.75) is 37.8 Å². The summed E-state index contributed by atoms with van der Waals surface area (Å²) in [4.78, 5) is 0. The maximum absolute atomic E-state index is 5.64. The quantitative estimate of drug-likeness (QED) is 0.671. The second-order valence-electron chi connectivity index (χ2n) is 2.72. The summed E-state index contributed by atoms with van der Waals surface area (Å²) in [7, 11) is 9.75. The Kier molecular flexibility index (Phi) is 8.66. The van der Waals surface area contributed by atoms with E-state index in [1.165, 1.54) is 0 Å². The Balaban J connectivity index is 0.000000292. The van der Waals surface area contributed by atoms with Crippen molar-refractivity contribution in [1.29, 1.82) is 0 Å². The Morgan fingerprint density at radius 3 is 1.27 bits per heavy atom. The summed E-state index contributed by atoms with van der Waals surface area (Å²) in [6.07, 6.45) is 4.50. The average Bonchev–Trinajstić information content (AvgIpc) is 1.97. The van der Waals surface area contributed by atoms with E-state index in [4.69, 9.17) is 30.3 Å².